The number of hydrogen-bond donors (Lipinski definition) is 1. The Labute approximate surface area is 110 Å². The van der Waals surface area contributed by atoms with Crippen LogP contribution in [0.4, 0.5) is 0 Å². The highest BCUT2D eigenvalue weighted by atomic mass is 35.5. The number of benzene rings is 1. The lowest BCUT2D eigenvalue weighted by Gasteiger charge is -2.12. The van der Waals surface area contributed by atoms with Crippen LogP contribution in [0.25, 0.3) is 0 Å². The van der Waals surface area contributed by atoms with E-state index in [2.05, 4.69) is 0 Å². The third kappa shape index (κ3) is 2.80. The Morgan fingerprint density at radius 1 is 1.41 bits per heavy atom. The third-order valence-electron chi connectivity index (χ3n) is 2.86. The molecule has 92 valence electrons. The van der Waals surface area contributed by atoms with Crippen molar-refractivity contribution in [1.82, 2.24) is 0 Å². The number of nitrogens with two attached hydrogens (primary N) is 1. The Hall–Kier alpha value is -0.610. The van der Waals surface area contributed by atoms with E-state index in [1.165, 1.54) is 0 Å². The Balaban J connectivity index is 2.17. The summed E-state index contributed by atoms with van der Waals surface area (Å²) in [6.45, 7) is 0.438. The smallest absolute Gasteiger partial charge is 0.193 e. The van der Waals surface area contributed by atoms with Crippen LogP contribution in [0.15, 0.2) is 18.2 Å². The summed E-state index contributed by atoms with van der Waals surface area (Å²) in [5.41, 5.74) is 5.92. The minimum absolute atomic E-state index is 0.0260. The van der Waals surface area contributed by atoms with Gasteiger partial charge in [0, 0.05) is 17.1 Å². The molecule has 1 aromatic carbocycles. The molecule has 2 unspecified atom stereocenters. The van der Waals surface area contributed by atoms with Crippen LogP contribution in [0.3, 0.4) is 0 Å². The first-order valence-corrected chi connectivity index (χ1v) is 6.22. The van der Waals surface area contributed by atoms with Gasteiger partial charge in [0.25, 0.3) is 0 Å². The summed E-state index contributed by atoms with van der Waals surface area (Å²) >= 11 is 11.8. The maximum Gasteiger partial charge on any atom is 0.193 e. The SMILES string of the molecule is NCC1CCC(C(=O)c2cc(Cl)ccc2Cl)O1. The van der Waals surface area contributed by atoms with Crippen molar-refractivity contribution < 1.29 is 9.53 Å². The Morgan fingerprint density at radius 2 is 2.18 bits per heavy atom. The van der Waals surface area contributed by atoms with E-state index >= 15 is 0 Å². The van der Waals surface area contributed by atoms with Crippen LogP contribution in [0, 0.1) is 0 Å². The average molecular weight is 274 g/mol. The molecule has 0 bridgehead atoms. The number of rotatable bonds is 3. The number of ketones is 1. The van der Waals surface area contributed by atoms with Crippen molar-refractivity contribution in [2.45, 2.75) is 25.0 Å². The molecule has 1 heterocycles. The molecule has 1 aliphatic heterocycles. The molecule has 17 heavy (non-hydrogen) atoms. The maximum absolute atomic E-state index is 12.2. The molecule has 0 aromatic heterocycles. The molecule has 1 aromatic rings. The largest absolute Gasteiger partial charge is 0.366 e. The molecule has 0 saturated carbocycles. The van der Waals surface area contributed by atoms with Gasteiger partial charge in [-0.15, -0.1) is 0 Å². The van der Waals surface area contributed by atoms with Gasteiger partial charge < -0.3 is 10.5 Å². The van der Waals surface area contributed by atoms with Crippen molar-refractivity contribution in [3.05, 3.63) is 33.8 Å². The molecule has 3 nitrogen and oxygen atoms in total. The summed E-state index contributed by atoms with van der Waals surface area (Å²) in [7, 11) is 0. The van der Waals surface area contributed by atoms with Gasteiger partial charge in [-0.2, -0.15) is 0 Å². The van der Waals surface area contributed by atoms with E-state index in [0.717, 1.165) is 6.42 Å². The van der Waals surface area contributed by atoms with Crippen molar-refractivity contribution in [2.75, 3.05) is 6.54 Å². The van der Waals surface area contributed by atoms with E-state index in [0.29, 0.717) is 28.6 Å². The van der Waals surface area contributed by atoms with E-state index in [-0.39, 0.29) is 11.9 Å². The lowest BCUT2D eigenvalue weighted by molar-refractivity contribution is 0.0404. The van der Waals surface area contributed by atoms with Crippen molar-refractivity contribution in [3.63, 3.8) is 0 Å². The van der Waals surface area contributed by atoms with Crippen LogP contribution >= 0.6 is 23.2 Å². The van der Waals surface area contributed by atoms with Gasteiger partial charge in [0.1, 0.15) is 6.10 Å². The molecule has 0 radical (unpaired) electrons. The zero-order valence-electron chi connectivity index (χ0n) is 9.16. The second-order valence-corrected chi connectivity index (χ2v) is 4.89. The lowest BCUT2D eigenvalue weighted by Crippen LogP contribution is -2.25. The van der Waals surface area contributed by atoms with Crippen molar-refractivity contribution in [3.8, 4) is 0 Å². The Kier molecular flexibility index (Phi) is 4.05. The average Bonchev–Trinajstić information content (AvgIpc) is 2.80. The molecule has 1 fully saturated rings. The fraction of sp³-hybridized carbons (Fsp3) is 0.417. The number of carbonyl (C=O) groups is 1. The van der Waals surface area contributed by atoms with E-state index in [4.69, 9.17) is 33.7 Å². The highest BCUT2D eigenvalue weighted by Gasteiger charge is 2.31. The van der Waals surface area contributed by atoms with Crippen LogP contribution in [0.2, 0.25) is 10.0 Å². The minimum Gasteiger partial charge on any atom is -0.366 e. The maximum atomic E-state index is 12.2. The van der Waals surface area contributed by atoms with Gasteiger partial charge in [0.15, 0.2) is 5.78 Å². The molecule has 0 amide bonds. The van der Waals surface area contributed by atoms with E-state index in [1.807, 2.05) is 0 Å². The van der Waals surface area contributed by atoms with E-state index < -0.39 is 6.10 Å². The first kappa shape index (κ1) is 12.8. The van der Waals surface area contributed by atoms with Gasteiger partial charge in [-0.3, -0.25) is 4.79 Å². The third-order valence-corrected chi connectivity index (χ3v) is 3.42. The quantitative estimate of drug-likeness (QED) is 0.862. The molecule has 0 spiro atoms. The fourth-order valence-corrected chi connectivity index (χ4v) is 2.31. The van der Waals surface area contributed by atoms with Crippen LogP contribution in [-0.4, -0.2) is 24.5 Å². The Morgan fingerprint density at radius 3 is 2.82 bits per heavy atom. The van der Waals surface area contributed by atoms with Gasteiger partial charge in [-0.1, -0.05) is 23.2 Å². The summed E-state index contributed by atoms with van der Waals surface area (Å²) in [4.78, 5) is 12.2. The summed E-state index contributed by atoms with van der Waals surface area (Å²) in [5, 5.41) is 0.894. The standard InChI is InChI=1S/C12H13Cl2NO2/c13-7-1-3-10(14)9(5-7)12(16)11-4-2-8(6-15)17-11/h1,3,5,8,11H,2,4,6,15H2. The van der Waals surface area contributed by atoms with Crippen LogP contribution in [-0.2, 0) is 4.74 Å². The molecule has 2 N–H and O–H groups in total. The van der Waals surface area contributed by atoms with Crippen molar-refractivity contribution in [1.29, 1.82) is 0 Å². The van der Waals surface area contributed by atoms with Gasteiger partial charge in [0.05, 0.1) is 11.1 Å². The molecule has 1 saturated heterocycles. The Bertz CT molecular complexity index is 437. The molecule has 1 aliphatic rings. The molecule has 0 aliphatic carbocycles. The number of ether oxygens (including phenoxy) is 1. The lowest BCUT2D eigenvalue weighted by atomic mass is 10.0. The van der Waals surface area contributed by atoms with Gasteiger partial charge in [-0.25, -0.2) is 0 Å². The summed E-state index contributed by atoms with van der Waals surface area (Å²) in [5.74, 6) is -0.117. The van der Waals surface area contributed by atoms with E-state index in [1.54, 1.807) is 18.2 Å². The minimum atomic E-state index is -0.445. The summed E-state index contributed by atoms with van der Waals surface area (Å²) in [6, 6.07) is 4.84. The zero-order valence-corrected chi connectivity index (χ0v) is 10.7. The van der Waals surface area contributed by atoms with Crippen molar-refractivity contribution >= 4 is 29.0 Å². The fourth-order valence-electron chi connectivity index (χ4n) is 1.93. The summed E-state index contributed by atoms with van der Waals surface area (Å²) < 4.78 is 5.55. The highest BCUT2D eigenvalue weighted by molar-refractivity contribution is 6.36. The van der Waals surface area contributed by atoms with Gasteiger partial charge >= 0.3 is 0 Å². The monoisotopic (exact) mass is 273 g/mol. The second kappa shape index (κ2) is 5.36. The summed E-state index contributed by atoms with van der Waals surface area (Å²) in [6.07, 6.45) is 1.02. The van der Waals surface area contributed by atoms with Gasteiger partial charge in [-0.05, 0) is 31.0 Å². The predicted molar refractivity (Wildman–Crippen MR) is 67.7 cm³/mol. The molecule has 5 heteroatoms. The van der Waals surface area contributed by atoms with Crippen LogP contribution in [0.5, 0.6) is 0 Å². The normalized spacial score (nSPS) is 23.9. The predicted octanol–water partition coefficient (Wildman–Crippen LogP) is 2.68. The zero-order chi connectivity index (χ0) is 12.4. The molecular formula is C12H13Cl2NO2. The second-order valence-electron chi connectivity index (χ2n) is 4.05. The number of hydrogen-bond acceptors (Lipinski definition) is 3. The van der Waals surface area contributed by atoms with Crippen LogP contribution in [0.1, 0.15) is 23.2 Å². The van der Waals surface area contributed by atoms with Crippen molar-refractivity contribution in [2.24, 2.45) is 5.73 Å². The number of carbonyl (C=O) groups excluding carboxylic acids is 1. The van der Waals surface area contributed by atoms with Gasteiger partial charge in [0.2, 0.25) is 0 Å². The molecule has 2 rings (SSSR count). The van der Waals surface area contributed by atoms with E-state index in [9.17, 15) is 4.79 Å². The highest BCUT2D eigenvalue weighted by Crippen LogP contribution is 2.27. The molecular weight excluding hydrogens is 261 g/mol. The first-order chi connectivity index (χ1) is 8.11. The topological polar surface area (TPSA) is 52.3 Å². The van der Waals surface area contributed by atoms with Crippen LogP contribution < -0.4 is 5.73 Å². The number of halogens is 2. The first-order valence-electron chi connectivity index (χ1n) is 5.46. The number of Topliss-reactive ketones (excluding diaryl/α,β-unsaturated/α-hetero) is 1. The molecule has 2 atom stereocenters.